The van der Waals surface area contributed by atoms with E-state index in [1.54, 1.807) is 26.8 Å². The Bertz CT molecular complexity index is 2370. The van der Waals surface area contributed by atoms with Crippen LogP contribution in [0, 0.1) is 0 Å². The van der Waals surface area contributed by atoms with Gasteiger partial charge in [0.1, 0.15) is 24.0 Å². The van der Waals surface area contributed by atoms with Crippen molar-refractivity contribution in [2.75, 3.05) is 13.1 Å². The van der Waals surface area contributed by atoms with Crippen molar-refractivity contribution in [2.45, 2.75) is 101 Å². The van der Waals surface area contributed by atoms with Crippen molar-refractivity contribution in [1.29, 1.82) is 0 Å². The fraction of sp³-hybridized carbons (Fsp3) is 0.400. The minimum absolute atomic E-state index is 0. The summed E-state index contributed by atoms with van der Waals surface area (Å²) in [5.41, 5.74) is -6.05. The molecule has 3 N–H and O–H groups in total. The molecule has 71 heavy (non-hydrogen) atoms. The zero-order valence-corrected chi connectivity index (χ0v) is 41.5. The van der Waals surface area contributed by atoms with Crippen LogP contribution in [-0.2, 0) is 52.1 Å². The SMILES string of the molecule is CC(C)(C)OC(=O)N1C[C@@H](F)C[C@H]1C(=O)NCc1cccc(-c2cc(C(F)(F)F)cc(C(F)(F)F)c2)c1.O=C(NCc1cccc(-c2cc(C(F)(F)F)cc(C(F)(F)F)c2)c1)[C@@H]1C[C@H](F)CN1.S.S.S.S. The minimum atomic E-state index is -4.99. The highest BCUT2D eigenvalue weighted by Crippen LogP contribution is 2.40. The van der Waals surface area contributed by atoms with Gasteiger partial charge in [0.25, 0.3) is 0 Å². The normalized spacial score (nSPS) is 18.0. The van der Waals surface area contributed by atoms with Crippen LogP contribution in [0.15, 0.2) is 84.9 Å². The lowest BCUT2D eigenvalue weighted by atomic mass is 9.97. The van der Waals surface area contributed by atoms with Crippen LogP contribution in [0.1, 0.15) is 67.0 Å². The summed E-state index contributed by atoms with van der Waals surface area (Å²) in [5.74, 6) is -1.10. The van der Waals surface area contributed by atoms with Crippen LogP contribution in [0.5, 0.6) is 0 Å². The van der Waals surface area contributed by atoms with Crippen LogP contribution >= 0.6 is 54.0 Å². The Morgan fingerprint density at radius 3 is 1.31 bits per heavy atom. The maximum absolute atomic E-state index is 14.0. The molecule has 4 aromatic carbocycles. The second-order valence-electron chi connectivity index (χ2n) is 16.7. The average Bonchev–Trinajstić information content (AvgIpc) is 3.85. The zero-order valence-electron chi connectivity index (χ0n) is 37.5. The monoisotopic (exact) mass is 1100 g/mol. The number of halogens is 14. The third-order valence-corrected chi connectivity index (χ3v) is 10.2. The van der Waals surface area contributed by atoms with E-state index in [1.165, 1.54) is 42.5 Å². The number of nitrogens with zero attached hydrogens (tertiary/aromatic N) is 1. The quantitative estimate of drug-likeness (QED) is 0.153. The molecule has 4 atom stereocenters. The van der Waals surface area contributed by atoms with Gasteiger partial charge >= 0.3 is 30.8 Å². The highest BCUT2D eigenvalue weighted by atomic mass is 32.1. The maximum atomic E-state index is 14.0. The summed E-state index contributed by atoms with van der Waals surface area (Å²) in [6, 6.07) is 12.3. The highest BCUT2D eigenvalue weighted by Gasteiger charge is 2.42. The molecule has 26 heteroatoms. The number of likely N-dealkylation sites (tertiary alicyclic amines) is 1. The molecular weight excluding hydrogens is 1050 g/mol. The Kier molecular flexibility index (Phi) is 23.1. The summed E-state index contributed by atoms with van der Waals surface area (Å²) in [6.07, 6.45) is -23.5. The van der Waals surface area contributed by atoms with E-state index in [0.29, 0.717) is 35.4 Å². The Labute approximate surface area is 426 Å². The molecule has 6 rings (SSSR count). The van der Waals surface area contributed by atoms with Gasteiger partial charge in [0.2, 0.25) is 11.8 Å². The van der Waals surface area contributed by atoms with Crippen molar-refractivity contribution >= 4 is 71.9 Å². The van der Waals surface area contributed by atoms with E-state index in [4.69, 9.17) is 4.74 Å². The predicted molar refractivity (Wildman–Crippen MR) is 257 cm³/mol. The molecule has 0 aliphatic carbocycles. The van der Waals surface area contributed by atoms with Crippen molar-refractivity contribution in [1.82, 2.24) is 20.9 Å². The number of rotatable bonds is 8. The van der Waals surface area contributed by atoms with Crippen LogP contribution < -0.4 is 16.0 Å². The summed E-state index contributed by atoms with van der Waals surface area (Å²) >= 11 is 0. The molecule has 2 aliphatic rings. The van der Waals surface area contributed by atoms with Gasteiger partial charge in [-0.15, -0.1) is 0 Å². The van der Waals surface area contributed by atoms with Gasteiger partial charge in [0.15, 0.2) is 0 Å². The number of hydrogen-bond donors (Lipinski definition) is 3. The molecule has 8 nitrogen and oxygen atoms in total. The third kappa shape index (κ3) is 18.5. The molecule has 0 aromatic heterocycles. The van der Waals surface area contributed by atoms with E-state index < -0.39 is 94.9 Å². The van der Waals surface area contributed by atoms with Gasteiger partial charge in [0.05, 0.1) is 34.8 Å². The number of hydrogen-bond acceptors (Lipinski definition) is 5. The van der Waals surface area contributed by atoms with Gasteiger partial charge in [-0.25, -0.2) is 13.6 Å². The molecule has 0 unspecified atom stereocenters. The van der Waals surface area contributed by atoms with Crippen molar-refractivity contribution in [3.05, 3.63) is 118 Å². The first-order valence-electron chi connectivity index (χ1n) is 20.2. The lowest BCUT2D eigenvalue weighted by molar-refractivity contribution is -0.144. The first-order chi connectivity index (χ1) is 30.9. The molecule has 0 spiro atoms. The third-order valence-electron chi connectivity index (χ3n) is 10.2. The smallest absolute Gasteiger partial charge is 0.416 e. The molecule has 2 fully saturated rings. The second-order valence-corrected chi connectivity index (χ2v) is 16.7. The van der Waals surface area contributed by atoms with E-state index in [2.05, 4.69) is 16.0 Å². The van der Waals surface area contributed by atoms with E-state index in [0.717, 1.165) is 4.90 Å². The summed E-state index contributed by atoms with van der Waals surface area (Å²) < 4.78 is 190. The Morgan fingerprint density at radius 1 is 0.563 bits per heavy atom. The molecule has 3 amide bonds. The standard InChI is InChI=1S/C25H25F7N2O3.C20H17F7N2O.4H2S/c1-23(2,3)37-22(36)34-13-19(26)11-20(34)21(35)33-12-14-5-4-6-15(7-14)16-8-17(24(27,28)29)10-18(9-16)25(30,31)32;21-16-8-17(28-10-16)18(30)29-9-11-2-1-3-12(4-11)13-5-14(19(22,23)24)7-15(6-13)20(25,26)27;;;;/h4-10,19-20H,11-13H2,1-3H3,(H,33,35);1-7,16-17,28H,8-10H2,(H,29,30);4*1H2/t19-,20-;16-,17-;;;;/m00..../s1. The highest BCUT2D eigenvalue weighted by molar-refractivity contribution is 7.59. The van der Waals surface area contributed by atoms with Gasteiger partial charge < -0.3 is 20.7 Å². The lowest BCUT2D eigenvalue weighted by Gasteiger charge is -2.27. The number of nitrogens with one attached hydrogen (secondary N) is 3. The van der Waals surface area contributed by atoms with E-state index >= 15 is 0 Å². The summed E-state index contributed by atoms with van der Waals surface area (Å²) in [4.78, 5) is 38.2. The molecule has 0 saturated carbocycles. The Morgan fingerprint density at radius 2 is 0.958 bits per heavy atom. The van der Waals surface area contributed by atoms with Crippen LogP contribution in [0.25, 0.3) is 22.3 Å². The zero-order chi connectivity index (χ0) is 49.9. The van der Waals surface area contributed by atoms with Crippen molar-refractivity contribution in [3.8, 4) is 22.3 Å². The van der Waals surface area contributed by atoms with Gasteiger partial charge in [0, 0.05) is 32.5 Å². The van der Waals surface area contributed by atoms with Crippen molar-refractivity contribution < 1.29 is 80.6 Å². The number of ether oxygens (including phenoxy) is 1. The first kappa shape index (κ1) is 64.5. The van der Waals surface area contributed by atoms with E-state index in [9.17, 15) is 75.8 Å². The Hall–Kier alpha value is -4.53. The fourth-order valence-electron chi connectivity index (χ4n) is 7.03. The molecule has 0 radical (unpaired) electrons. The lowest BCUT2D eigenvalue weighted by Crippen LogP contribution is -2.47. The topological polar surface area (TPSA) is 99.8 Å². The summed E-state index contributed by atoms with van der Waals surface area (Å²) in [7, 11) is 0. The molecule has 396 valence electrons. The predicted octanol–water partition coefficient (Wildman–Crippen LogP) is 11.5. The van der Waals surface area contributed by atoms with Gasteiger partial charge in [-0.1, -0.05) is 36.4 Å². The molecular formula is C45H50F14N4O4S4. The molecule has 0 bridgehead atoms. The number of benzene rings is 4. The van der Waals surface area contributed by atoms with Crippen LogP contribution in [-0.4, -0.2) is 65.9 Å². The van der Waals surface area contributed by atoms with Crippen LogP contribution in [0.2, 0.25) is 0 Å². The molecule has 2 saturated heterocycles. The molecule has 2 heterocycles. The minimum Gasteiger partial charge on any atom is -0.444 e. The largest absolute Gasteiger partial charge is 0.444 e. The number of amides is 3. The maximum Gasteiger partial charge on any atom is 0.416 e. The van der Waals surface area contributed by atoms with Gasteiger partial charge in [-0.3, -0.25) is 14.5 Å². The first-order valence-corrected chi connectivity index (χ1v) is 20.2. The van der Waals surface area contributed by atoms with E-state index in [-0.39, 0.29) is 127 Å². The number of carbonyl (C=O) groups is 3. The van der Waals surface area contributed by atoms with Gasteiger partial charge in [-0.2, -0.15) is 107 Å². The van der Waals surface area contributed by atoms with Crippen LogP contribution in [0.4, 0.5) is 66.3 Å². The summed E-state index contributed by atoms with van der Waals surface area (Å²) in [5, 5.41) is 7.85. The van der Waals surface area contributed by atoms with Crippen molar-refractivity contribution in [2.24, 2.45) is 0 Å². The fourth-order valence-corrected chi connectivity index (χ4v) is 7.03. The van der Waals surface area contributed by atoms with Gasteiger partial charge in [-0.05, 0) is 103 Å². The molecule has 2 aliphatic heterocycles. The van der Waals surface area contributed by atoms with E-state index in [1.807, 2.05) is 0 Å². The summed E-state index contributed by atoms with van der Waals surface area (Å²) in [6.45, 7) is 4.46. The second kappa shape index (κ2) is 25.4. The van der Waals surface area contributed by atoms with Crippen LogP contribution in [0.3, 0.4) is 0 Å². The average molecular weight is 1110 g/mol. The number of carbonyl (C=O) groups excluding carboxylic acids is 3. The Balaban J connectivity index is 0.000000684. The van der Waals surface area contributed by atoms with Crippen molar-refractivity contribution in [3.63, 3.8) is 0 Å². The number of alkyl halides is 14. The molecule has 4 aromatic rings.